The summed E-state index contributed by atoms with van der Waals surface area (Å²) in [6, 6.07) is 9.02. The minimum absolute atomic E-state index is 0.0995. The molecule has 4 nitrogen and oxygen atoms in total. The lowest BCUT2D eigenvalue weighted by Gasteiger charge is -2.35. The summed E-state index contributed by atoms with van der Waals surface area (Å²) in [5.74, 6) is 2.46. The lowest BCUT2D eigenvalue weighted by molar-refractivity contribution is 0.277. The van der Waals surface area contributed by atoms with E-state index in [1.165, 1.54) is 4.31 Å². The van der Waals surface area contributed by atoms with Crippen molar-refractivity contribution in [3.8, 4) is 12.3 Å². The third-order valence-corrected chi connectivity index (χ3v) is 4.74. The number of hydrogen-bond acceptors (Lipinski definition) is 2. The largest absolute Gasteiger partial charge is 0.281 e. The molecular formula is C13H16N2O2S. The molecule has 96 valence electrons. The van der Waals surface area contributed by atoms with Crippen LogP contribution in [-0.4, -0.2) is 24.8 Å². The van der Waals surface area contributed by atoms with Gasteiger partial charge in [0, 0.05) is 12.6 Å². The zero-order valence-electron chi connectivity index (χ0n) is 10.2. The molecule has 0 aliphatic carbocycles. The molecule has 0 saturated carbocycles. The van der Waals surface area contributed by atoms with Crippen molar-refractivity contribution in [1.82, 2.24) is 9.03 Å². The van der Waals surface area contributed by atoms with Crippen LogP contribution in [0.1, 0.15) is 18.9 Å². The van der Waals surface area contributed by atoms with Gasteiger partial charge in [0.2, 0.25) is 0 Å². The zero-order chi connectivity index (χ0) is 13.2. The van der Waals surface area contributed by atoms with E-state index in [1.54, 1.807) is 0 Å². The highest BCUT2D eigenvalue weighted by Gasteiger charge is 2.35. The van der Waals surface area contributed by atoms with E-state index in [-0.39, 0.29) is 6.04 Å². The van der Waals surface area contributed by atoms with E-state index in [9.17, 15) is 8.42 Å². The van der Waals surface area contributed by atoms with Crippen LogP contribution in [0.4, 0.5) is 0 Å². The molecule has 1 aliphatic rings. The van der Waals surface area contributed by atoms with E-state index in [4.69, 9.17) is 6.42 Å². The zero-order valence-corrected chi connectivity index (χ0v) is 11.0. The Morgan fingerprint density at radius 2 is 2.11 bits per heavy atom. The third kappa shape index (κ3) is 2.72. The van der Waals surface area contributed by atoms with Gasteiger partial charge in [-0.15, -0.1) is 6.42 Å². The van der Waals surface area contributed by atoms with Gasteiger partial charge in [0.25, 0.3) is 10.2 Å². The van der Waals surface area contributed by atoms with Gasteiger partial charge >= 0.3 is 0 Å². The van der Waals surface area contributed by atoms with Gasteiger partial charge in [0.15, 0.2) is 0 Å². The van der Waals surface area contributed by atoms with Crippen LogP contribution in [0.15, 0.2) is 30.3 Å². The summed E-state index contributed by atoms with van der Waals surface area (Å²) in [4.78, 5) is 0. The highest BCUT2D eigenvalue weighted by atomic mass is 32.2. The molecule has 1 saturated heterocycles. The second kappa shape index (κ2) is 5.11. The van der Waals surface area contributed by atoms with Gasteiger partial charge < -0.3 is 0 Å². The van der Waals surface area contributed by atoms with Crippen molar-refractivity contribution in [1.29, 1.82) is 0 Å². The molecule has 1 aromatic rings. The van der Waals surface area contributed by atoms with Crippen molar-refractivity contribution in [3.05, 3.63) is 35.9 Å². The lowest BCUT2D eigenvalue weighted by Crippen LogP contribution is -2.55. The molecule has 0 aromatic heterocycles. The molecule has 0 amide bonds. The number of nitrogens with one attached hydrogen (secondary N) is 1. The van der Waals surface area contributed by atoms with Crippen LogP contribution < -0.4 is 4.72 Å². The van der Waals surface area contributed by atoms with Crippen molar-refractivity contribution in [2.45, 2.75) is 32.0 Å². The van der Waals surface area contributed by atoms with Gasteiger partial charge in [-0.3, -0.25) is 0 Å². The second-order valence-electron chi connectivity index (χ2n) is 4.46. The maximum Gasteiger partial charge on any atom is 0.281 e. The maximum absolute atomic E-state index is 12.1. The first kappa shape index (κ1) is 13.1. The SMILES string of the molecule is C#C[C@H]1CC(C)N(Cc2ccccc2)S(=O)(=O)N1. The fraction of sp³-hybridized carbons (Fsp3) is 0.385. The average Bonchev–Trinajstić information content (AvgIpc) is 2.34. The van der Waals surface area contributed by atoms with Crippen LogP contribution in [0.3, 0.4) is 0 Å². The first-order valence-corrected chi connectivity index (χ1v) is 7.26. The van der Waals surface area contributed by atoms with E-state index >= 15 is 0 Å². The highest BCUT2D eigenvalue weighted by Crippen LogP contribution is 2.20. The van der Waals surface area contributed by atoms with Crippen molar-refractivity contribution in [2.24, 2.45) is 0 Å². The topological polar surface area (TPSA) is 49.4 Å². The summed E-state index contributed by atoms with van der Waals surface area (Å²) >= 11 is 0. The van der Waals surface area contributed by atoms with Crippen molar-refractivity contribution in [3.63, 3.8) is 0 Å². The molecule has 1 unspecified atom stereocenters. The summed E-state index contributed by atoms with van der Waals surface area (Å²) in [5, 5.41) is 0. The van der Waals surface area contributed by atoms with Crippen LogP contribution in [-0.2, 0) is 16.8 Å². The highest BCUT2D eigenvalue weighted by molar-refractivity contribution is 7.87. The maximum atomic E-state index is 12.1. The Balaban J connectivity index is 2.20. The lowest BCUT2D eigenvalue weighted by atomic mass is 10.1. The molecule has 0 bridgehead atoms. The van der Waals surface area contributed by atoms with Gasteiger partial charge in [-0.1, -0.05) is 36.3 Å². The molecular weight excluding hydrogens is 248 g/mol. The number of hydrogen-bond donors (Lipinski definition) is 1. The number of nitrogens with zero attached hydrogens (tertiary/aromatic N) is 1. The van der Waals surface area contributed by atoms with E-state index in [0.717, 1.165) is 5.56 Å². The summed E-state index contributed by atoms with van der Waals surface area (Å²) < 4.78 is 28.1. The van der Waals surface area contributed by atoms with Crippen molar-refractivity contribution >= 4 is 10.2 Å². The van der Waals surface area contributed by atoms with Gasteiger partial charge in [-0.05, 0) is 18.9 Å². The number of benzene rings is 1. The fourth-order valence-electron chi connectivity index (χ4n) is 2.10. The summed E-state index contributed by atoms with van der Waals surface area (Å²) in [6.45, 7) is 2.25. The van der Waals surface area contributed by atoms with E-state index in [2.05, 4.69) is 10.6 Å². The first-order valence-electron chi connectivity index (χ1n) is 5.82. The van der Waals surface area contributed by atoms with Crippen molar-refractivity contribution < 1.29 is 8.42 Å². The molecule has 18 heavy (non-hydrogen) atoms. The van der Waals surface area contributed by atoms with Crippen molar-refractivity contribution in [2.75, 3.05) is 0 Å². The molecule has 1 heterocycles. The van der Waals surface area contributed by atoms with E-state index in [0.29, 0.717) is 13.0 Å². The molecule has 0 spiro atoms. The Morgan fingerprint density at radius 1 is 1.44 bits per heavy atom. The van der Waals surface area contributed by atoms with Crippen LogP contribution in [0.2, 0.25) is 0 Å². The van der Waals surface area contributed by atoms with E-state index < -0.39 is 16.3 Å². The number of terminal acetylenes is 1. The molecule has 1 fully saturated rings. The summed E-state index contributed by atoms with van der Waals surface area (Å²) in [5.41, 5.74) is 0.967. The standard InChI is InChI=1S/C13H16N2O2S/c1-3-13-9-11(2)15(18(16,17)14-13)10-12-7-5-4-6-8-12/h1,4-8,11,13-14H,9-10H2,2H3/t11?,13-/m0/s1. The minimum Gasteiger partial charge on any atom is -0.195 e. The molecule has 5 heteroatoms. The normalized spacial score (nSPS) is 27.6. The summed E-state index contributed by atoms with van der Waals surface area (Å²) in [6.07, 6.45) is 5.92. The van der Waals surface area contributed by atoms with Gasteiger partial charge in [-0.2, -0.15) is 17.4 Å². The Kier molecular flexibility index (Phi) is 3.71. The molecule has 2 rings (SSSR count). The number of rotatable bonds is 2. The van der Waals surface area contributed by atoms with Crippen LogP contribution in [0, 0.1) is 12.3 Å². The smallest absolute Gasteiger partial charge is 0.195 e. The van der Waals surface area contributed by atoms with E-state index in [1.807, 2.05) is 37.3 Å². The Bertz CT molecular complexity index is 548. The average molecular weight is 264 g/mol. The van der Waals surface area contributed by atoms with Gasteiger partial charge in [-0.25, -0.2) is 0 Å². The molecule has 1 N–H and O–H groups in total. The molecule has 2 atom stereocenters. The van der Waals surface area contributed by atoms with Crippen LogP contribution >= 0.6 is 0 Å². The second-order valence-corrected chi connectivity index (χ2v) is 6.11. The Labute approximate surface area is 108 Å². The van der Waals surface area contributed by atoms with Crippen LogP contribution in [0.25, 0.3) is 0 Å². The Morgan fingerprint density at radius 3 is 2.67 bits per heavy atom. The molecule has 0 radical (unpaired) electrons. The van der Waals surface area contributed by atoms with Crippen LogP contribution in [0.5, 0.6) is 0 Å². The molecule has 1 aliphatic heterocycles. The monoisotopic (exact) mass is 264 g/mol. The minimum atomic E-state index is -3.49. The fourth-order valence-corrected chi connectivity index (χ4v) is 3.64. The third-order valence-electron chi connectivity index (χ3n) is 3.05. The predicted molar refractivity (Wildman–Crippen MR) is 70.7 cm³/mol. The predicted octanol–water partition coefficient (Wildman–Crippen LogP) is 1.12. The Hall–Kier alpha value is -1.35. The molecule has 1 aromatic carbocycles. The summed E-state index contributed by atoms with van der Waals surface area (Å²) in [7, 11) is -3.49. The quantitative estimate of drug-likeness (QED) is 0.814. The van der Waals surface area contributed by atoms with Gasteiger partial charge in [0.05, 0.1) is 6.04 Å². The van der Waals surface area contributed by atoms with Gasteiger partial charge in [0.1, 0.15) is 0 Å². The first-order chi connectivity index (χ1) is 8.53.